The molecule has 0 aliphatic heterocycles. The predicted molar refractivity (Wildman–Crippen MR) is 101 cm³/mol. The van der Waals surface area contributed by atoms with Gasteiger partial charge in [0, 0.05) is 16.2 Å². The lowest BCUT2D eigenvalue weighted by molar-refractivity contribution is -0.141. The van der Waals surface area contributed by atoms with Crippen LogP contribution in [-0.4, -0.2) is 45.4 Å². The smallest absolute Gasteiger partial charge is 0.326 e. The minimum atomic E-state index is -1.36. The number of nitrogens with one attached hydrogen (secondary N) is 2. The van der Waals surface area contributed by atoms with E-state index in [1.54, 1.807) is 60.7 Å². The molecule has 0 bridgehead atoms. The molecule has 2 amide bonds. The van der Waals surface area contributed by atoms with E-state index < -0.39 is 34.6 Å². The molecule has 0 spiro atoms. The SMILES string of the molecule is O=C(CNC(=O)c1ccccc1)N[C@@H](CC[S@](=O)c1ccccc1)C(=O)O. The first kappa shape index (κ1) is 20.3. The first-order valence-electron chi connectivity index (χ1n) is 8.26. The van der Waals surface area contributed by atoms with Crippen LogP contribution in [0.25, 0.3) is 0 Å². The molecular weight excluding hydrogens is 368 g/mol. The lowest BCUT2D eigenvalue weighted by Gasteiger charge is -2.14. The highest BCUT2D eigenvalue weighted by molar-refractivity contribution is 7.85. The van der Waals surface area contributed by atoms with Crippen molar-refractivity contribution in [2.75, 3.05) is 12.3 Å². The molecule has 2 atom stereocenters. The number of amides is 2. The lowest BCUT2D eigenvalue weighted by Crippen LogP contribution is -2.46. The Morgan fingerprint density at radius 3 is 2.15 bits per heavy atom. The summed E-state index contributed by atoms with van der Waals surface area (Å²) >= 11 is 0. The van der Waals surface area contributed by atoms with Gasteiger partial charge in [0.1, 0.15) is 6.04 Å². The summed E-state index contributed by atoms with van der Waals surface area (Å²) in [5, 5.41) is 14.0. The third-order valence-electron chi connectivity index (χ3n) is 3.68. The van der Waals surface area contributed by atoms with E-state index in [1.807, 2.05) is 0 Å². The van der Waals surface area contributed by atoms with Crippen LogP contribution in [0, 0.1) is 0 Å². The summed E-state index contributed by atoms with van der Waals surface area (Å²) in [6.45, 7) is -0.348. The van der Waals surface area contributed by atoms with E-state index in [0.717, 1.165) is 0 Å². The van der Waals surface area contributed by atoms with Crippen molar-refractivity contribution in [2.24, 2.45) is 0 Å². The van der Waals surface area contributed by atoms with Crippen LogP contribution in [-0.2, 0) is 20.4 Å². The Bertz CT molecular complexity index is 811. The molecule has 0 unspecified atom stereocenters. The van der Waals surface area contributed by atoms with Crippen molar-refractivity contribution in [3.8, 4) is 0 Å². The molecule has 3 N–H and O–H groups in total. The highest BCUT2D eigenvalue weighted by Gasteiger charge is 2.21. The maximum absolute atomic E-state index is 12.2. The zero-order valence-corrected chi connectivity index (χ0v) is 15.3. The Morgan fingerprint density at radius 1 is 0.963 bits per heavy atom. The molecule has 0 saturated heterocycles. The normalized spacial score (nSPS) is 12.6. The monoisotopic (exact) mass is 388 g/mol. The first-order valence-corrected chi connectivity index (χ1v) is 9.58. The summed E-state index contributed by atoms with van der Waals surface area (Å²) in [6, 6.07) is 15.9. The average Bonchev–Trinajstić information content (AvgIpc) is 2.70. The van der Waals surface area contributed by atoms with Crippen LogP contribution in [0.15, 0.2) is 65.6 Å². The zero-order chi connectivity index (χ0) is 19.6. The van der Waals surface area contributed by atoms with Crippen molar-refractivity contribution in [1.29, 1.82) is 0 Å². The molecule has 8 heteroatoms. The van der Waals surface area contributed by atoms with Crippen LogP contribution in [0.3, 0.4) is 0 Å². The maximum atomic E-state index is 12.2. The van der Waals surface area contributed by atoms with Crippen LogP contribution in [0.1, 0.15) is 16.8 Å². The molecule has 0 aromatic heterocycles. The average molecular weight is 388 g/mol. The number of aliphatic carboxylic acids is 1. The molecule has 7 nitrogen and oxygen atoms in total. The summed E-state index contributed by atoms with van der Waals surface area (Å²) < 4.78 is 12.2. The fourth-order valence-corrected chi connectivity index (χ4v) is 3.42. The van der Waals surface area contributed by atoms with Crippen molar-refractivity contribution < 1.29 is 23.7 Å². The molecule has 2 aromatic carbocycles. The van der Waals surface area contributed by atoms with Gasteiger partial charge in [-0.05, 0) is 30.7 Å². The molecule has 0 saturated carbocycles. The van der Waals surface area contributed by atoms with Crippen LogP contribution in [0.2, 0.25) is 0 Å². The third kappa shape index (κ3) is 6.67. The molecule has 2 rings (SSSR count). The molecule has 0 fully saturated rings. The van der Waals surface area contributed by atoms with Gasteiger partial charge in [0.05, 0.1) is 17.3 Å². The molecule has 142 valence electrons. The first-order chi connectivity index (χ1) is 13.0. The van der Waals surface area contributed by atoms with Gasteiger partial charge in [0.25, 0.3) is 5.91 Å². The fraction of sp³-hybridized carbons (Fsp3) is 0.211. The molecule has 0 radical (unpaired) electrons. The summed E-state index contributed by atoms with van der Waals surface area (Å²) in [4.78, 5) is 35.8. The Balaban J connectivity index is 1.82. The van der Waals surface area contributed by atoms with Gasteiger partial charge in [0.2, 0.25) is 5.91 Å². The molecule has 2 aromatic rings. The number of carbonyl (C=O) groups excluding carboxylic acids is 2. The van der Waals surface area contributed by atoms with Gasteiger partial charge < -0.3 is 15.7 Å². The van der Waals surface area contributed by atoms with Gasteiger partial charge in [-0.3, -0.25) is 13.8 Å². The Hall–Kier alpha value is -3.00. The van der Waals surface area contributed by atoms with Crippen molar-refractivity contribution in [3.63, 3.8) is 0 Å². The molecule has 0 aliphatic carbocycles. The van der Waals surface area contributed by atoms with Gasteiger partial charge >= 0.3 is 5.97 Å². The second-order valence-electron chi connectivity index (χ2n) is 5.66. The zero-order valence-electron chi connectivity index (χ0n) is 14.5. The largest absolute Gasteiger partial charge is 0.480 e. The van der Waals surface area contributed by atoms with Crippen molar-refractivity contribution >= 4 is 28.6 Å². The fourth-order valence-electron chi connectivity index (χ4n) is 2.27. The van der Waals surface area contributed by atoms with Crippen LogP contribution >= 0.6 is 0 Å². The number of hydrogen-bond donors (Lipinski definition) is 3. The van der Waals surface area contributed by atoms with Crippen LogP contribution in [0.4, 0.5) is 0 Å². The number of hydrogen-bond acceptors (Lipinski definition) is 4. The number of carbonyl (C=O) groups is 3. The minimum absolute atomic E-state index is 0.00914. The van der Waals surface area contributed by atoms with Crippen molar-refractivity contribution in [2.45, 2.75) is 17.4 Å². The number of rotatable bonds is 9. The summed E-state index contributed by atoms with van der Waals surface area (Å²) in [7, 11) is -1.36. The Kier molecular flexibility index (Phi) is 7.69. The van der Waals surface area contributed by atoms with Crippen molar-refractivity contribution in [1.82, 2.24) is 10.6 Å². The molecule has 27 heavy (non-hydrogen) atoms. The number of carboxylic acid groups (broad SMARTS) is 1. The summed E-state index contributed by atoms with van der Waals surface area (Å²) in [5.74, 6) is -2.18. The topological polar surface area (TPSA) is 113 Å². The summed E-state index contributed by atoms with van der Waals surface area (Å²) in [6.07, 6.45) is 0.00914. The maximum Gasteiger partial charge on any atom is 0.326 e. The van der Waals surface area contributed by atoms with E-state index in [0.29, 0.717) is 10.5 Å². The van der Waals surface area contributed by atoms with Gasteiger partial charge in [-0.15, -0.1) is 0 Å². The minimum Gasteiger partial charge on any atom is -0.480 e. The van der Waals surface area contributed by atoms with E-state index in [2.05, 4.69) is 10.6 Å². The van der Waals surface area contributed by atoms with Crippen LogP contribution in [0.5, 0.6) is 0 Å². The van der Waals surface area contributed by atoms with Crippen LogP contribution < -0.4 is 10.6 Å². The standard InChI is InChI=1S/C19H20N2O5S/c22-17(13-20-18(23)14-7-3-1-4-8-14)21-16(19(24)25)11-12-27(26)15-9-5-2-6-10-15/h1-10,16H,11-13H2,(H,20,23)(H,21,22)(H,24,25)/t16-,27-/m0/s1. The quantitative estimate of drug-likeness (QED) is 0.597. The highest BCUT2D eigenvalue weighted by Crippen LogP contribution is 2.08. The number of benzene rings is 2. The highest BCUT2D eigenvalue weighted by atomic mass is 32.2. The lowest BCUT2D eigenvalue weighted by atomic mass is 10.2. The van der Waals surface area contributed by atoms with E-state index in [1.165, 1.54) is 0 Å². The van der Waals surface area contributed by atoms with Crippen molar-refractivity contribution in [3.05, 3.63) is 66.2 Å². The van der Waals surface area contributed by atoms with E-state index in [9.17, 15) is 23.7 Å². The second-order valence-corrected chi connectivity index (χ2v) is 7.23. The van der Waals surface area contributed by atoms with E-state index in [-0.39, 0.29) is 18.7 Å². The summed E-state index contributed by atoms with van der Waals surface area (Å²) in [5.41, 5.74) is 0.401. The van der Waals surface area contributed by atoms with Gasteiger partial charge in [0.15, 0.2) is 0 Å². The third-order valence-corrected chi connectivity index (χ3v) is 5.08. The van der Waals surface area contributed by atoms with Gasteiger partial charge in [-0.25, -0.2) is 4.79 Å². The molecular formula is C19H20N2O5S. The Morgan fingerprint density at radius 2 is 1.56 bits per heavy atom. The molecule has 0 aliphatic rings. The van der Waals surface area contributed by atoms with E-state index in [4.69, 9.17) is 0 Å². The number of carboxylic acids is 1. The molecule has 0 heterocycles. The van der Waals surface area contributed by atoms with Gasteiger partial charge in [-0.2, -0.15) is 0 Å². The van der Waals surface area contributed by atoms with E-state index >= 15 is 0 Å². The predicted octanol–water partition coefficient (Wildman–Crippen LogP) is 1.18. The Labute approximate surface area is 159 Å². The van der Waals surface area contributed by atoms with Gasteiger partial charge in [-0.1, -0.05) is 36.4 Å². The second kappa shape index (κ2) is 10.2.